The Morgan fingerprint density at radius 2 is 2.38 bits per heavy atom. The van der Waals surface area contributed by atoms with Crippen LogP contribution in [-0.4, -0.2) is 39.0 Å². The SMILES string of the molecule is BrCC1[Se]CC(Br)[Se]1. The van der Waals surface area contributed by atoms with Crippen molar-refractivity contribution in [3.05, 3.63) is 0 Å². The first-order valence-corrected chi connectivity index (χ1v) is 8.51. The number of rotatable bonds is 1. The predicted octanol–water partition coefficient (Wildman–Crippen LogP) is 1.69. The molecular weight excluding hydrogens is 366 g/mol. The van der Waals surface area contributed by atoms with E-state index in [1.54, 1.807) is 0 Å². The third-order valence-electron chi connectivity index (χ3n) is 0.839. The van der Waals surface area contributed by atoms with Crippen molar-refractivity contribution in [2.75, 3.05) is 5.33 Å². The summed E-state index contributed by atoms with van der Waals surface area (Å²) in [6.45, 7) is 0. The minimum atomic E-state index is 0.892. The monoisotopic (exact) mass is 372 g/mol. The zero-order valence-electron chi connectivity index (χ0n) is 4.14. The summed E-state index contributed by atoms with van der Waals surface area (Å²) in [5.74, 6) is 0. The molecule has 0 saturated carbocycles. The van der Waals surface area contributed by atoms with Crippen molar-refractivity contribution < 1.29 is 0 Å². The second kappa shape index (κ2) is 4.00. The summed E-state index contributed by atoms with van der Waals surface area (Å²) >= 11 is 8.99. The van der Waals surface area contributed by atoms with Gasteiger partial charge in [0, 0.05) is 0 Å². The molecule has 2 unspecified atom stereocenters. The van der Waals surface area contributed by atoms with Crippen LogP contribution in [0.4, 0.5) is 0 Å². The van der Waals surface area contributed by atoms with Gasteiger partial charge in [-0.1, -0.05) is 0 Å². The van der Waals surface area contributed by atoms with Crippen LogP contribution in [0.3, 0.4) is 0 Å². The molecule has 1 rings (SSSR count). The van der Waals surface area contributed by atoms with E-state index in [9.17, 15) is 0 Å². The molecule has 0 radical (unpaired) electrons. The molecule has 0 bridgehead atoms. The van der Waals surface area contributed by atoms with E-state index in [1.807, 2.05) is 0 Å². The van der Waals surface area contributed by atoms with Gasteiger partial charge in [0.05, 0.1) is 0 Å². The first-order valence-electron chi connectivity index (χ1n) is 2.30. The van der Waals surface area contributed by atoms with Crippen LogP contribution < -0.4 is 0 Å². The Labute approximate surface area is 79.1 Å². The first kappa shape index (κ1) is 8.10. The van der Waals surface area contributed by atoms with Crippen molar-refractivity contribution in [1.82, 2.24) is 0 Å². The molecule has 0 N–H and O–H groups in total. The van der Waals surface area contributed by atoms with Crippen molar-refractivity contribution in [2.24, 2.45) is 0 Å². The molecule has 2 atom stereocenters. The topological polar surface area (TPSA) is 0 Å². The molecule has 1 heterocycles. The Hall–Kier alpha value is 2.00. The summed E-state index contributed by atoms with van der Waals surface area (Å²) in [4.78, 5) is 0. The van der Waals surface area contributed by atoms with E-state index in [0.29, 0.717) is 0 Å². The summed E-state index contributed by atoms with van der Waals surface area (Å²) in [6, 6.07) is 0. The molecule has 0 spiro atoms. The third-order valence-corrected chi connectivity index (χ3v) is 13.8. The molecule has 0 aromatic heterocycles. The van der Waals surface area contributed by atoms with Crippen molar-refractivity contribution in [3.8, 4) is 0 Å². The van der Waals surface area contributed by atoms with Crippen LogP contribution in [0.1, 0.15) is 0 Å². The normalized spacial score (nSPS) is 38.2. The first-order chi connectivity index (χ1) is 3.83. The van der Waals surface area contributed by atoms with Gasteiger partial charge in [-0.2, -0.15) is 0 Å². The Morgan fingerprint density at radius 1 is 1.62 bits per heavy atom. The summed E-state index contributed by atoms with van der Waals surface area (Å²) in [5, 5.41) is 2.71. The summed E-state index contributed by atoms with van der Waals surface area (Å²) in [6.07, 6.45) is 0. The van der Waals surface area contributed by atoms with Crippen LogP contribution in [0, 0.1) is 0 Å². The van der Waals surface area contributed by atoms with E-state index >= 15 is 0 Å². The Balaban J connectivity index is 2.22. The van der Waals surface area contributed by atoms with Gasteiger partial charge in [-0.3, -0.25) is 0 Å². The van der Waals surface area contributed by atoms with Gasteiger partial charge in [0.1, 0.15) is 0 Å². The van der Waals surface area contributed by atoms with Crippen LogP contribution in [0.25, 0.3) is 0 Å². The van der Waals surface area contributed by atoms with Gasteiger partial charge in [0.2, 0.25) is 0 Å². The zero-order chi connectivity index (χ0) is 5.98. The molecule has 0 aromatic rings. The quantitative estimate of drug-likeness (QED) is 0.486. The number of hydrogen-bond donors (Lipinski definition) is 0. The molecule has 0 aromatic carbocycles. The average Bonchev–Trinajstić information content (AvgIpc) is 2.14. The molecule has 0 amide bonds. The number of halogens is 2. The fourth-order valence-corrected chi connectivity index (χ4v) is 13.1. The molecule has 1 aliphatic rings. The van der Waals surface area contributed by atoms with E-state index < -0.39 is 0 Å². The van der Waals surface area contributed by atoms with E-state index in [0.717, 1.165) is 37.4 Å². The van der Waals surface area contributed by atoms with Crippen molar-refractivity contribution in [2.45, 2.75) is 12.8 Å². The van der Waals surface area contributed by atoms with E-state index in [1.165, 1.54) is 10.6 Å². The minimum absolute atomic E-state index is 0.892. The average molecular weight is 372 g/mol. The van der Waals surface area contributed by atoms with Gasteiger partial charge in [-0.15, -0.1) is 0 Å². The van der Waals surface area contributed by atoms with Crippen LogP contribution >= 0.6 is 31.9 Å². The van der Waals surface area contributed by atoms with Crippen molar-refractivity contribution in [3.63, 3.8) is 0 Å². The Bertz CT molecular complexity index is 78.4. The van der Waals surface area contributed by atoms with Crippen molar-refractivity contribution >= 4 is 61.8 Å². The van der Waals surface area contributed by atoms with Crippen LogP contribution in [-0.2, 0) is 0 Å². The Kier molecular flexibility index (Phi) is 4.05. The summed E-state index contributed by atoms with van der Waals surface area (Å²) in [5.41, 5.74) is 0. The molecule has 1 saturated heterocycles. The maximum atomic E-state index is 3.64. The van der Waals surface area contributed by atoms with Crippen LogP contribution in [0.5, 0.6) is 0 Å². The van der Waals surface area contributed by atoms with E-state index in [-0.39, 0.29) is 0 Å². The van der Waals surface area contributed by atoms with E-state index in [4.69, 9.17) is 0 Å². The van der Waals surface area contributed by atoms with Gasteiger partial charge in [0.15, 0.2) is 0 Å². The summed E-state index contributed by atoms with van der Waals surface area (Å²) in [7, 11) is 0. The van der Waals surface area contributed by atoms with E-state index in [2.05, 4.69) is 31.9 Å². The van der Waals surface area contributed by atoms with Gasteiger partial charge < -0.3 is 0 Å². The van der Waals surface area contributed by atoms with Crippen LogP contribution in [0.2, 0.25) is 9.03 Å². The van der Waals surface area contributed by atoms with Gasteiger partial charge in [-0.25, -0.2) is 0 Å². The van der Waals surface area contributed by atoms with Gasteiger partial charge in [0.25, 0.3) is 0 Å². The number of hydrogen-bond acceptors (Lipinski definition) is 0. The predicted molar refractivity (Wildman–Crippen MR) is 46.6 cm³/mol. The number of alkyl halides is 2. The van der Waals surface area contributed by atoms with Crippen molar-refractivity contribution in [1.29, 1.82) is 0 Å². The second-order valence-corrected chi connectivity index (χ2v) is 11.6. The fourth-order valence-electron chi connectivity index (χ4n) is 0.507. The molecular formula is C4H6Br2Se2. The second-order valence-electron chi connectivity index (χ2n) is 1.46. The molecule has 0 nitrogen and oxygen atoms in total. The Morgan fingerprint density at radius 3 is 2.62 bits per heavy atom. The summed E-state index contributed by atoms with van der Waals surface area (Å²) < 4.78 is 1.97. The molecule has 1 aliphatic heterocycles. The molecule has 48 valence electrons. The standard InChI is InChI=1S/C4H6Br2Se2/c5-1-4-7-2-3(6)8-4/h3-4H,1-2H2. The third kappa shape index (κ3) is 2.32. The zero-order valence-corrected chi connectivity index (χ0v) is 10.7. The van der Waals surface area contributed by atoms with Gasteiger partial charge in [-0.05, 0) is 0 Å². The van der Waals surface area contributed by atoms with Crippen LogP contribution in [0.15, 0.2) is 0 Å². The molecule has 4 heteroatoms. The molecule has 8 heavy (non-hydrogen) atoms. The molecule has 0 aliphatic carbocycles. The maximum absolute atomic E-state index is 3.64. The molecule has 1 fully saturated rings. The fraction of sp³-hybridized carbons (Fsp3) is 1.00. The van der Waals surface area contributed by atoms with Gasteiger partial charge >= 0.3 is 79.9 Å².